The molecule has 2 rings (SSSR count). The van der Waals surface area contributed by atoms with Crippen molar-refractivity contribution < 1.29 is 9.18 Å². The first kappa shape index (κ1) is 18.2. The molecule has 23 heavy (non-hydrogen) atoms. The lowest BCUT2D eigenvalue weighted by Crippen LogP contribution is -2.42. The number of halogens is 2. The average molecular weight is 341 g/mol. The van der Waals surface area contributed by atoms with Crippen molar-refractivity contribution in [3.05, 3.63) is 34.6 Å². The van der Waals surface area contributed by atoms with Gasteiger partial charge in [-0.3, -0.25) is 9.69 Å². The Hall–Kier alpha value is -1.13. The Morgan fingerprint density at radius 2 is 2.13 bits per heavy atom. The van der Waals surface area contributed by atoms with Crippen molar-refractivity contribution in [3.8, 4) is 0 Å². The predicted octanol–water partition coefficient (Wildman–Crippen LogP) is 4.00. The van der Waals surface area contributed by atoms with Crippen molar-refractivity contribution in [3.63, 3.8) is 0 Å². The molecule has 1 heterocycles. The summed E-state index contributed by atoms with van der Waals surface area (Å²) in [4.78, 5) is 14.4. The van der Waals surface area contributed by atoms with Crippen LogP contribution in [0.3, 0.4) is 0 Å². The van der Waals surface area contributed by atoms with E-state index in [2.05, 4.69) is 24.1 Å². The summed E-state index contributed by atoms with van der Waals surface area (Å²) < 4.78 is 13.9. The SMILES string of the molecule is CCC[C@@H](C)NC(=O)C1CCN(Cc2c(F)cccc2Cl)CC1. The zero-order chi connectivity index (χ0) is 16.8. The molecule has 1 amide bonds. The number of amides is 1. The molecule has 1 N–H and O–H groups in total. The minimum absolute atomic E-state index is 0.0710. The summed E-state index contributed by atoms with van der Waals surface area (Å²) in [6.07, 6.45) is 3.72. The van der Waals surface area contributed by atoms with Crippen LogP contribution in [0, 0.1) is 11.7 Å². The lowest BCUT2D eigenvalue weighted by molar-refractivity contribution is -0.127. The number of likely N-dealkylation sites (tertiary alicyclic amines) is 1. The van der Waals surface area contributed by atoms with Crippen LogP contribution in [0.1, 0.15) is 45.1 Å². The van der Waals surface area contributed by atoms with Gasteiger partial charge in [-0.15, -0.1) is 0 Å². The number of hydrogen-bond acceptors (Lipinski definition) is 2. The second-order valence-corrected chi connectivity index (χ2v) is 6.86. The Balaban J connectivity index is 1.83. The molecule has 0 radical (unpaired) electrons. The number of nitrogens with one attached hydrogen (secondary N) is 1. The van der Waals surface area contributed by atoms with Crippen molar-refractivity contribution >= 4 is 17.5 Å². The minimum Gasteiger partial charge on any atom is -0.353 e. The van der Waals surface area contributed by atoms with Gasteiger partial charge < -0.3 is 5.32 Å². The van der Waals surface area contributed by atoms with Gasteiger partial charge in [-0.2, -0.15) is 0 Å². The van der Waals surface area contributed by atoms with E-state index in [1.54, 1.807) is 12.1 Å². The molecule has 5 heteroatoms. The van der Waals surface area contributed by atoms with E-state index in [-0.39, 0.29) is 23.7 Å². The molecular weight excluding hydrogens is 315 g/mol. The third kappa shape index (κ3) is 5.18. The van der Waals surface area contributed by atoms with Gasteiger partial charge >= 0.3 is 0 Å². The summed E-state index contributed by atoms with van der Waals surface area (Å²) in [7, 11) is 0. The largest absolute Gasteiger partial charge is 0.353 e. The van der Waals surface area contributed by atoms with Crippen LogP contribution in [0.25, 0.3) is 0 Å². The van der Waals surface area contributed by atoms with E-state index in [1.807, 2.05) is 0 Å². The van der Waals surface area contributed by atoms with E-state index in [1.165, 1.54) is 6.07 Å². The van der Waals surface area contributed by atoms with Crippen molar-refractivity contribution in [2.24, 2.45) is 5.92 Å². The number of carbonyl (C=O) groups is 1. The Morgan fingerprint density at radius 3 is 2.74 bits per heavy atom. The molecule has 0 aliphatic carbocycles. The van der Waals surface area contributed by atoms with Crippen molar-refractivity contribution in [2.45, 2.75) is 52.1 Å². The van der Waals surface area contributed by atoms with Gasteiger partial charge in [0.15, 0.2) is 0 Å². The number of piperidine rings is 1. The molecule has 0 bridgehead atoms. The molecule has 1 aliphatic rings. The van der Waals surface area contributed by atoms with Crippen LogP contribution in [0.2, 0.25) is 5.02 Å². The van der Waals surface area contributed by atoms with Crippen LogP contribution in [0.5, 0.6) is 0 Å². The van der Waals surface area contributed by atoms with Crippen molar-refractivity contribution in [2.75, 3.05) is 13.1 Å². The number of benzene rings is 1. The number of hydrogen-bond donors (Lipinski definition) is 1. The fraction of sp³-hybridized carbons (Fsp3) is 0.611. The third-order valence-corrected chi connectivity index (χ3v) is 4.87. The van der Waals surface area contributed by atoms with Crippen LogP contribution in [0.4, 0.5) is 4.39 Å². The lowest BCUT2D eigenvalue weighted by atomic mass is 9.95. The zero-order valence-corrected chi connectivity index (χ0v) is 14.7. The Labute approximate surface area is 143 Å². The minimum atomic E-state index is -0.259. The highest BCUT2D eigenvalue weighted by Crippen LogP contribution is 2.24. The van der Waals surface area contributed by atoms with Crippen LogP contribution < -0.4 is 5.32 Å². The van der Waals surface area contributed by atoms with Gasteiger partial charge in [-0.1, -0.05) is 31.0 Å². The van der Waals surface area contributed by atoms with Crippen molar-refractivity contribution in [1.29, 1.82) is 0 Å². The van der Waals surface area contributed by atoms with Gasteiger partial charge in [0, 0.05) is 29.1 Å². The molecule has 1 aromatic carbocycles. The van der Waals surface area contributed by atoms with Crippen LogP contribution >= 0.6 is 11.6 Å². The first-order chi connectivity index (χ1) is 11.0. The Morgan fingerprint density at radius 1 is 1.43 bits per heavy atom. The molecule has 1 fully saturated rings. The standard InChI is InChI=1S/C18H26ClFN2O/c1-3-5-13(2)21-18(23)14-8-10-22(11-9-14)12-15-16(19)6-4-7-17(15)20/h4,6-7,13-14H,3,5,8-12H2,1-2H3,(H,21,23)/t13-/m1/s1. The van der Waals surface area contributed by atoms with Gasteiger partial charge in [0.2, 0.25) is 5.91 Å². The lowest BCUT2D eigenvalue weighted by Gasteiger charge is -2.32. The zero-order valence-electron chi connectivity index (χ0n) is 13.9. The fourth-order valence-electron chi connectivity index (χ4n) is 3.13. The highest BCUT2D eigenvalue weighted by Gasteiger charge is 2.26. The van der Waals surface area contributed by atoms with E-state index in [0.29, 0.717) is 17.1 Å². The highest BCUT2D eigenvalue weighted by molar-refractivity contribution is 6.31. The second kappa shape index (κ2) is 8.65. The number of rotatable bonds is 6. The van der Waals surface area contributed by atoms with Gasteiger partial charge in [0.1, 0.15) is 5.82 Å². The molecule has 0 aromatic heterocycles. The summed E-state index contributed by atoms with van der Waals surface area (Å²) in [5, 5.41) is 3.57. The maximum Gasteiger partial charge on any atom is 0.223 e. The first-order valence-corrected chi connectivity index (χ1v) is 8.84. The van der Waals surface area contributed by atoms with Crippen molar-refractivity contribution in [1.82, 2.24) is 10.2 Å². The van der Waals surface area contributed by atoms with Crippen LogP contribution in [0.15, 0.2) is 18.2 Å². The molecule has 128 valence electrons. The fourth-order valence-corrected chi connectivity index (χ4v) is 3.35. The van der Waals surface area contributed by atoms with Gasteiger partial charge in [0.25, 0.3) is 0 Å². The molecule has 1 aliphatic heterocycles. The molecule has 1 atom stereocenters. The van der Waals surface area contributed by atoms with Crippen LogP contribution in [-0.4, -0.2) is 29.9 Å². The third-order valence-electron chi connectivity index (χ3n) is 4.51. The average Bonchev–Trinajstić information content (AvgIpc) is 2.52. The summed E-state index contributed by atoms with van der Waals surface area (Å²) in [5.41, 5.74) is 0.550. The van der Waals surface area contributed by atoms with E-state index in [0.717, 1.165) is 38.8 Å². The summed E-state index contributed by atoms with van der Waals surface area (Å²) in [5.74, 6) is -0.0260. The van der Waals surface area contributed by atoms with Gasteiger partial charge in [0.05, 0.1) is 0 Å². The monoisotopic (exact) mass is 340 g/mol. The smallest absolute Gasteiger partial charge is 0.223 e. The van der Waals surface area contributed by atoms with E-state index in [4.69, 9.17) is 11.6 Å². The normalized spacial score (nSPS) is 17.9. The molecule has 3 nitrogen and oxygen atoms in total. The van der Waals surface area contributed by atoms with Crippen LogP contribution in [-0.2, 0) is 11.3 Å². The van der Waals surface area contributed by atoms with Gasteiger partial charge in [-0.25, -0.2) is 4.39 Å². The number of nitrogens with zero attached hydrogens (tertiary/aromatic N) is 1. The highest BCUT2D eigenvalue weighted by atomic mass is 35.5. The molecule has 0 unspecified atom stereocenters. The maximum atomic E-state index is 13.9. The quantitative estimate of drug-likeness (QED) is 0.849. The summed E-state index contributed by atoms with van der Waals surface area (Å²) in [6, 6.07) is 5.02. The molecule has 0 spiro atoms. The number of carbonyl (C=O) groups excluding carboxylic acids is 1. The topological polar surface area (TPSA) is 32.3 Å². The van der Waals surface area contributed by atoms with E-state index in [9.17, 15) is 9.18 Å². The molecule has 1 aromatic rings. The Kier molecular flexibility index (Phi) is 6.85. The Bertz CT molecular complexity index is 510. The second-order valence-electron chi connectivity index (χ2n) is 6.45. The van der Waals surface area contributed by atoms with E-state index >= 15 is 0 Å². The molecular formula is C18H26ClFN2O. The predicted molar refractivity (Wildman–Crippen MR) is 91.9 cm³/mol. The molecule has 0 saturated carbocycles. The summed E-state index contributed by atoms with van der Waals surface area (Å²) >= 11 is 6.08. The maximum absolute atomic E-state index is 13.9. The van der Waals surface area contributed by atoms with Gasteiger partial charge in [-0.05, 0) is 51.4 Å². The molecule has 1 saturated heterocycles. The summed E-state index contributed by atoms with van der Waals surface area (Å²) in [6.45, 7) is 6.27. The van der Waals surface area contributed by atoms with E-state index < -0.39 is 0 Å². The first-order valence-electron chi connectivity index (χ1n) is 8.46.